The summed E-state index contributed by atoms with van der Waals surface area (Å²) in [7, 11) is 0. The zero-order valence-corrected chi connectivity index (χ0v) is 9.21. The molecule has 1 fully saturated rings. The van der Waals surface area contributed by atoms with Gasteiger partial charge >= 0.3 is 0 Å². The lowest BCUT2D eigenvalue weighted by atomic mass is 10.1. The third kappa shape index (κ3) is 4.63. The fourth-order valence-corrected chi connectivity index (χ4v) is 1.69. The average Bonchev–Trinajstić information content (AvgIpc) is 2.77. The fourth-order valence-electron chi connectivity index (χ4n) is 1.69. The number of hydrogen-bond donors (Lipinski definition) is 1. The number of unbranched alkanes of at least 4 members (excludes halogenated alkanes) is 1. The van der Waals surface area contributed by atoms with Crippen LogP contribution in [0, 0.1) is 0 Å². The highest BCUT2D eigenvalue weighted by molar-refractivity contribution is 4.87. The maximum atomic E-state index is 9.72. The second-order valence-corrected chi connectivity index (χ2v) is 4.87. The van der Waals surface area contributed by atoms with Crippen molar-refractivity contribution >= 4 is 0 Å². The first-order valence-corrected chi connectivity index (χ1v) is 5.49. The van der Waals surface area contributed by atoms with Gasteiger partial charge in [-0.05, 0) is 39.7 Å². The standard InChI is InChI=1S/C11H23NO/c1-4-5-8-12(10-6-7-10)9-11(2,3)13/h10,13H,4-9H2,1-3H3. The highest BCUT2D eigenvalue weighted by Crippen LogP contribution is 2.28. The largest absolute Gasteiger partial charge is 0.389 e. The Labute approximate surface area is 81.9 Å². The van der Waals surface area contributed by atoms with E-state index in [-0.39, 0.29) is 0 Å². The van der Waals surface area contributed by atoms with Crippen molar-refractivity contribution in [2.45, 2.75) is 58.1 Å². The summed E-state index contributed by atoms with van der Waals surface area (Å²) in [5.41, 5.74) is -0.531. The molecule has 0 aromatic rings. The van der Waals surface area contributed by atoms with E-state index in [0.29, 0.717) is 0 Å². The molecule has 0 aromatic heterocycles. The van der Waals surface area contributed by atoms with Crippen molar-refractivity contribution in [2.24, 2.45) is 0 Å². The van der Waals surface area contributed by atoms with Crippen molar-refractivity contribution in [3.8, 4) is 0 Å². The molecule has 13 heavy (non-hydrogen) atoms. The minimum absolute atomic E-state index is 0.531. The van der Waals surface area contributed by atoms with Crippen LogP contribution in [0.1, 0.15) is 46.5 Å². The quantitative estimate of drug-likeness (QED) is 0.684. The first-order valence-electron chi connectivity index (χ1n) is 5.49. The van der Waals surface area contributed by atoms with Gasteiger partial charge in [0, 0.05) is 12.6 Å². The Kier molecular flexibility index (Phi) is 3.74. The maximum absolute atomic E-state index is 9.72. The zero-order valence-electron chi connectivity index (χ0n) is 9.21. The number of nitrogens with zero attached hydrogens (tertiary/aromatic N) is 1. The third-order valence-corrected chi connectivity index (χ3v) is 2.45. The Balaban J connectivity index is 2.29. The van der Waals surface area contributed by atoms with E-state index in [0.717, 1.165) is 19.1 Å². The summed E-state index contributed by atoms with van der Waals surface area (Å²) in [6, 6.07) is 0.776. The lowest BCUT2D eigenvalue weighted by Crippen LogP contribution is -2.40. The molecule has 0 atom stereocenters. The van der Waals surface area contributed by atoms with Gasteiger partial charge in [0.15, 0.2) is 0 Å². The molecule has 2 heteroatoms. The molecule has 0 bridgehead atoms. The molecule has 0 aromatic carbocycles. The van der Waals surface area contributed by atoms with Crippen LogP contribution in [0.2, 0.25) is 0 Å². The summed E-state index contributed by atoms with van der Waals surface area (Å²) in [4.78, 5) is 2.45. The minimum Gasteiger partial charge on any atom is -0.389 e. The summed E-state index contributed by atoms with van der Waals surface area (Å²) in [5, 5.41) is 9.72. The van der Waals surface area contributed by atoms with Crippen molar-refractivity contribution in [3.63, 3.8) is 0 Å². The van der Waals surface area contributed by atoms with Crippen LogP contribution in [0.4, 0.5) is 0 Å². The van der Waals surface area contributed by atoms with Crippen LogP contribution >= 0.6 is 0 Å². The predicted octanol–water partition coefficient (Wildman–Crippen LogP) is 2.02. The fraction of sp³-hybridized carbons (Fsp3) is 1.00. The molecule has 1 rings (SSSR count). The predicted molar refractivity (Wildman–Crippen MR) is 55.8 cm³/mol. The van der Waals surface area contributed by atoms with E-state index < -0.39 is 5.60 Å². The molecule has 0 spiro atoms. The molecular weight excluding hydrogens is 162 g/mol. The molecule has 0 aliphatic heterocycles. The van der Waals surface area contributed by atoms with Gasteiger partial charge in [-0.2, -0.15) is 0 Å². The van der Waals surface area contributed by atoms with E-state index in [1.54, 1.807) is 0 Å². The molecule has 78 valence electrons. The second-order valence-electron chi connectivity index (χ2n) is 4.87. The number of hydrogen-bond acceptors (Lipinski definition) is 2. The number of aliphatic hydroxyl groups is 1. The highest BCUT2D eigenvalue weighted by atomic mass is 16.3. The van der Waals surface area contributed by atoms with Crippen LogP contribution in [0.3, 0.4) is 0 Å². The highest BCUT2D eigenvalue weighted by Gasteiger charge is 2.31. The van der Waals surface area contributed by atoms with E-state index in [9.17, 15) is 5.11 Å². The average molecular weight is 185 g/mol. The SMILES string of the molecule is CCCCN(CC(C)(C)O)C1CC1. The van der Waals surface area contributed by atoms with Crippen LogP contribution in [-0.2, 0) is 0 Å². The Hall–Kier alpha value is -0.0800. The molecule has 1 saturated carbocycles. The lowest BCUT2D eigenvalue weighted by molar-refractivity contribution is 0.0328. The van der Waals surface area contributed by atoms with Gasteiger partial charge in [-0.25, -0.2) is 0 Å². The van der Waals surface area contributed by atoms with Crippen molar-refractivity contribution in [3.05, 3.63) is 0 Å². The van der Waals surface area contributed by atoms with Gasteiger partial charge in [-0.1, -0.05) is 13.3 Å². The lowest BCUT2D eigenvalue weighted by Gasteiger charge is -2.28. The van der Waals surface area contributed by atoms with Crippen molar-refractivity contribution in [1.82, 2.24) is 4.90 Å². The van der Waals surface area contributed by atoms with Gasteiger partial charge in [-0.15, -0.1) is 0 Å². The van der Waals surface area contributed by atoms with Gasteiger partial charge < -0.3 is 5.11 Å². The molecular formula is C11H23NO. The van der Waals surface area contributed by atoms with Crippen LogP contribution in [0.5, 0.6) is 0 Å². The smallest absolute Gasteiger partial charge is 0.0718 e. The van der Waals surface area contributed by atoms with Gasteiger partial charge in [-0.3, -0.25) is 4.90 Å². The molecule has 0 heterocycles. The molecule has 0 amide bonds. The topological polar surface area (TPSA) is 23.5 Å². The Morgan fingerprint density at radius 3 is 2.38 bits per heavy atom. The Bertz CT molecular complexity index is 147. The van der Waals surface area contributed by atoms with Crippen molar-refractivity contribution in [2.75, 3.05) is 13.1 Å². The summed E-state index contributed by atoms with van der Waals surface area (Å²) < 4.78 is 0. The Morgan fingerprint density at radius 2 is 2.00 bits per heavy atom. The summed E-state index contributed by atoms with van der Waals surface area (Å²) in [6.07, 6.45) is 5.17. The normalized spacial score (nSPS) is 18.2. The van der Waals surface area contributed by atoms with Gasteiger partial charge in [0.2, 0.25) is 0 Å². The van der Waals surface area contributed by atoms with Crippen LogP contribution in [-0.4, -0.2) is 34.7 Å². The van der Waals surface area contributed by atoms with Crippen LogP contribution in [0.25, 0.3) is 0 Å². The molecule has 1 aliphatic rings. The molecule has 0 radical (unpaired) electrons. The van der Waals surface area contributed by atoms with E-state index in [1.165, 1.54) is 25.7 Å². The van der Waals surface area contributed by atoms with E-state index in [1.807, 2.05) is 13.8 Å². The third-order valence-electron chi connectivity index (χ3n) is 2.45. The first kappa shape index (κ1) is 11.0. The van der Waals surface area contributed by atoms with E-state index >= 15 is 0 Å². The number of rotatable bonds is 6. The summed E-state index contributed by atoms with van der Waals surface area (Å²) in [6.45, 7) is 8.00. The molecule has 0 saturated heterocycles. The molecule has 1 aliphatic carbocycles. The first-order chi connectivity index (χ1) is 6.03. The maximum Gasteiger partial charge on any atom is 0.0718 e. The molecule has 1 N–H and O–H groups in total. The van der Waals surface area contributed by atoms with Crippen LogP contribution < -0.4 is 0 Å². The van der Waals surface area contributed by atoms with E-state index in [2.05, 4.69) is 11.8 Å². The molecule has 2 nitrogen and oxygen atoms in total. The van der Waals surface area contributed by atoms with E-state index in [4.69, 9.17) is 0 Å². The summed E-state index contributed by atoms with van der Waals surface area (Å²) >= 11 is 0. The van der Waals surface area contributed by atoms with Crippen molar-refractivity contribution in [1.29, 1.82) is 0 Å². The monoisotopic (exact) mass is 185 g/mol. The summed E-state index contributed by atoms with van der Waals surface area (Å²) in [5.74, 6) is 0. The van der Waals surface area contributed by atoms with Crippen molar-refractivity contribution < 1.29 is 5.11 Å². The van der Waals surface area contributed by atoms with Gasteiger partial charge in [0.1, 0.15) is 0 Å². The zero-order chi connectivity index (χ0) is 9.90. The Morgan fingerprint density at radius 1 is 1.38 bits per heavy atom. The van der Waals surface area contributed by atoms with Gasteiger partial charge in [0.25, 0.3) is 0 Å². The second kappa shape index (κ2) is 4.43. The minimum atomic E-state index is -0.531. The van der Waals surface area contributed by atoms with Crippen LogP contribution in [0.15, 0.2) is 0 Å². The van der Waals surface area contributed by atoms with Gasteiger partial charge in [0.05, 0.1) is 5.60 Å². The molecule has 0 unspecified atom stereocenters.